The Morgan fingerprint density at radius 2 is 2.17 bits per heavy atom. The maximum Gasteiger partial charge on any atom is 0.0587 e. The van der Waals surface area contributed by atoms with E-state index in [9.17, 15) is 0 Å². The Labute approximate surface area is 115 Å². The predicted octanol–water partition coefficient (Wildman–Crippen LogP) is 2.24. The molecule has 0 aliphatic rings. The largest absolute Gasteiger partial charge is 0.383 e. The fraction of sp³-hybridized carbons (Fsp3) is 0.714. The summed E-state index contributed by atoms with van der Waals surface area (Å²) < 4.78 is 5.03. The first-order chi connectivity index (χ1) is 8.65. The number of hydrogen-bond acceptors (Lipinski definition) is 4. The topological polar surface area (TPSA) is 24.5 Å². The molecule has 0 saturated heterocycles. The van der Waals surface area contributed by atoms with Crippen LogP contribution in [-0.4, -0.2) is 50.8 Å². The van der Waals surface area contributed by atoms with E-state index in [-0.39, 0.29) is 0 Å². The highest BCUT2D eigenvalue weighted by Crippen LogP contribution is 2.14. The molecular formula is C14H26N2OS. The molecule has 0 spiro atoms. The fourth-order valence-corrected chi connectivity index (χ4v) is 2.75. The predicted molar refractivity (Wildman–Crippen MR) is 79.5 cm³/mol. The number of nitrogens with zero attached hydrogens (tertiary/aromatic N) is 1. The number of likely N-dealkylation sites (N-methyl/N-ethyl adjacent to an activating group) is 1. The third kappa shape index (κ3) is 5.48. The highest BCUT2D eigenvalue weighted by molar-refractivity contribution is 7.09. The summed E-state index contributed by atoms with van der Waals surface area (Å²) in [5, 5.41) is 5.57. The van der Waals surface area contributed by atoms with Gasteiger partial charge in [0.05, 0.1) is 6.61 Å². The lowest BCUT2D eigenvalue weighted by Crippen LogP contribution is -2.44. The standard InChI is InChI=1S/C14H26N2OS/c1-12(10-14-6-5-9-18-14)16(3)13(2)11-15-7-8-17-4/h5-6,9,12-13,15H,7-8,10-11H2,1-4H3. The Morgan fingerprint density at radius 1 is 1.39 bits per heavy atom. The smallest absolute Gasteiger partial charge is 0.0587 e. The Morgan fingerprint density at radius 3 is 2.78 bits per heavy atom. The Hall–Kier alpha value is -0.420. The maximum absolute atomic E-state index is 5.03. The van der Waals surface area contributed by atoms with Gasteiger partial charge in [0, 0.05) is 37.2 Å². The highest BCUT2D eigenvalue weighted by Gasteiger charge is 2.16. The van der Waals surface area contributed by atoms with E-state index in [0.717, 1.165) is 26.1 Å². The van der Waals surface area contributed by atoms with Gasteiger partial charge in [-0.1, -0.05) is 6.07 Å². The summed E-state index contributed by atoms with van der Waals surface area (Å²) in [5.41, 5.74) is 0. The van der Waals surface area contributed by atoms with Crippen LogP contribution in [0.4, 0.5) is 0 Å². The van der Waals surface area contributed by atoms with E-state index in [0.29, 0.717) is 12.1 Å². The molecule has 2 unspecified atom stereocenters. The van der Waals surface area contributed by atoms with Crippen LogP contribution in [0.1, 0.15) is 18.7 Å². The van der Waals surface area contributed by atoms with Crippen LogP contribution in [0.2, 0.25) is 0 Å². The first-order valence-electron chi connectivity index (χ1n) is 6.59. The van der Waals surface area contributed by atoms with Crippen molar-refractivity contribution in [1.29, 1.82) is 0 Å². The van der Waals surface area contributed by atoms with Gasteiger partial charge in [-0.2, -0.15) is 0 Å². The molecule has 1 rings (SSSR count). The van der Waals surface area contributed by atoms with Crippen molar-refractivity contribution in [3.63, 3.8) is 0 Å². The zero-order chi connectivity index (χ0) is 13.4. The zero-order valence-electron chi connectivity index (χ0n) is 12.0. The summed E-state index contributed by atoms with van der Waals surface area (Å²) in [6.45, 7) is 7.28. The van der Waals surface area contributed by atoms with Crippen LogP contribution in [0.3, 0.4) is 0 Å². The van der Waals surface area contributed by atoms with Gasteiger partial charge in [-0.05, 0) is 38.8 Å². The van der Waals surface area contributed by atoms with Crippen LogP contribution in [0.5, 0.6) is 0 Å². The van der Waals surface area contributed by atoms with Gasteiger partial charge in [-0.25, -0.2) is 0 Å². The van der Waals surface area contributed by atoms with Crippen molar-refractivity contribution >= 4 is 11.3 Å². The molecule has 2 atom stereocenters. The summed E-state index contributed by atoms with van der Waals surface area (Å²) in [6.07, 6.45) is 1.14. The summed E-state index contributed by atoms with van der Waals surface area (Å²) >= 11 is 1.85. The number of ether oxygens (including phenoxy) is 1. The first kappa shape index (κ1) is 15.6. The van der Waals surface area contributed by atoms with E-state index < -0.39 is 0 Å². The lowest BCUT2D eigenvalue weighted by Gasteiger charge is -2.31. The molecule has 0 radical (unpaired) electrons. The molecule has 3 nitrogen and oxygen atoms in total. The molecule has 1 aromatic heterocycles. The van der Waals surface area contributed by atoms with Gasteiger partial charge in [0.25, 0.3) is 0 Å². The molecule has 0 bridgehead atoms. The van der Waals surface area contributed by atoms with Crippen molar-refractivity contribution in [3.05, 3.63) is 22.4 Å². The van der Waals surface area contributed by atoms with Crippen LogP contribution >= 0.6 is 11.3 Å². The van der Waals surface area contributed by atoms with Crippen molar-refractivity contribution < 1.29 is 4.74 Å². The molecule has 18 heavy (non-hydrogen) atoms. The molecule has 0 amide bonds. The van der Waals surface area contributed by atoms with E-state index in [2.05, 4.69) is 48.6 Å². The van der Waals surface area contributed by atoms with Gasteiger partial charge >= 0.3 is 0 Å². The van der Waals surface area contributed by atoms with E-state index in [1.807, 2.05) is 11.3 Å². The molecule has 104 valence electrons. The van der Waals surface area contributed by atoms with Gasteiger partial charge in [-0.3, -0.25) is 4.90 Å². The molecule has 1 heterocycles. The van der Waals surface area contributed by atoms with Crippen molar-refractivity contribution in [2.24, 2.45) is 0 Å². The lowest BCUT2D eigenvalue weighted by molar-refractivity contribution is 0.176. The van der Waals surface area contributed by atoms with Crippen molar-refractivity contribution in [1.82, 2.24) is 10.2 Å². The molecule has 0 aromatic carbocycles. The van der Waals surface area contributed by atoms with E-state index in [1.165, 1.54) is 4.88 Å². The molecule has 1 N–H and O–H groups in total. The van der Waals surface area contributed by atoms with Crippen LogP contribution in [-0.2, 0) is 11.2 Å². The van der Waals surface area contributed by atoms with Gasteiger partial charge in [-0.15, -0.1) is 11.3 Å². The van der Waals surface area contributed by atoms with Crippen molar-refractivity contribution in [2.45, 2.75) is 32.4 Å². The summed E-state index contributed by atoms with van der Waals surface area (Å²) in [7, 11) is 3.95. The number of rotatable bonds is 9. The minimum absolute atomic E-state index is 0.539. The average Bonchev–Trinajstić information content (AvgIpc) is 2.86. The normalized spacial score (nSPS) is 14.9. The molecule has 0 aliphatic heterocycles. The second-order valence-electron chi connectivity index (χ2n) is 4.84. The van der Waals surface area contributed by atoms with Gasteiger partial charge in [0.2, 0.25) is 0 Å². The number of hydrogen-bond donors (Lipinski definition) is 1. The van der Waals surface area contributed by atoms with Crippen LogP contribution in [0.15, 0.2) is 17.5 Å². The molecule has 0 fully saturated rings. The minimum atomic E-state index is 0.539. The SMILES string of the molecule is COCCNCC(C)N(C)C(C)Cc1cccs1. The summed E-state index contributed by atoms with van der Waals surface area (Å²) in [4.78, 5) is 3.91. The van der Waals surface area contributed by atoms with Crippen LogP contribution < -0.4 is 5.32 Å². The molecule has 4 heteroatoms. The fourth-order valence-electron chi connectivity index (χ4n) is 1.93. The number of thiophene rings is 1. The maximum atomic E-state index is 5.03. The van der Waals surface area contributed by atoms with E-state index in [1.54, 1.807) is 7.11 Å². The Bertz CT molecular complexity index is 303. The number of nitrogens with one attached hydrogen (secondary N) is 1. The quantitative estimate of drug-likeness (QED) is 0.697. The van der Waals surface area contributed by atoms with Crippen LogP contribution in [0, 0.1) is 0 Å². The van der Waals surface area contributed by atoms with Crippen LogP contribution in [0.25, 0.3) is 0 Å². The van der Waals surface area contributed by atoms with Crippen molar-refractivity contribution in [3.8, 4) is 0 Å². The van der Waals surface area contributed by atoms with E-state index >= 15 is 0 Å². The Balaban J connectivity index is 2.26. The molecule has 0 aliphatic carbocycles. The number of methoxy groups -OCH3 is 1. The second kappa shape index (κ2) is 8.64. The third-order valence-corrected chi connectivity index (χ3v) is 4.29. The first-order valence-corrected chi connectivity index (χ1v) is 7.47. The zero-order valence-corrected chi connectivity index (χ0v) is 12.8. The third-order valence-electron chi connectivity index (χ3n) is 3.39. The average molecular weight is 270 g/mol. The second-order valence-corrected chi connectivity index (χ2v) is 5.88. The van der Waals surface area contributed by atoms with Gasteiger partial charge in [0.15, 0.2) is 0 Å². The summed E-state index contributed by atoms with van der Waals surface area (Å²) in [5.74, 6) is 0. The van der Waals surface area contributed by atoms with Gasteiger partial charge in [0.1, 0.15) is 0 Å². The molecular weight excluding hydrogens is 244 g/mol. The monoisotopic (exact) mass is 270 g/mol. The summed E-state index contributed by atoms with van der Waals surface area (Å²) in [6, 6.07) is 5.46. The molecule has 0 saturated carbocycles. The lowest BCUT2D eigenvalue weighted by atomic mass is 10.1. The highest BCUT2D eigenvalue weighted by atomic mass is 32.1. The minimum Gasteiger partial charge on any atom is -0.383 e. The van der Waals surface area contributed by atoms with Gasteiger partial charge < -0.3 is 10.1 Å². The Kier molecular flexibility index (Phi) is 7.51. The van der Waals surface area contributed by atoms with Crippen molar-refractivity contribution in [2.75, 3.05) is 33.9 Å². The van der Waals surface area contributed by atoms with E-state index in [4.69, 9.17) is 4.74 Å². The molecule has 1 aromatic rings.